The number of para-hydroxylation sites is 1. The van der Waals surface area contributed by atoms with Crippen LogP contribution in [0.3, 0.4) is 0 Å². The zero-order chi connectivity index (χ0) is 13.7. The molecule has 2 N–H and O–H groups in total. The highest BCUT2D eigenvalue weighted by atomic mass is 32.2. The van der Waals surface area contributed by atoms with Crippen molar-refractivity contribution in [1.29, 1.82) is 0 Å². The summed E-state index contributed by atoms with van der Waals surface area (Å²) in [6.07, 6.45) is 3.98. The summed E-state index contributed by atoms with van der Waals surface area (Å²) in [7, 11) is 0. The number of carbonyl (C=O) groups excluding carboxylic acids is 1. The molecule has 2 rings (SSSR count). The second-order valence-electron chi connectivity index (χ2n) is 5.07. The molecule has 4 heteroatoms. The number of carbonyl (C=O) groups is 1. The highest BCUT2D eigenvalue weighted by Crippen LogP contribution is 2.24. The van der Waals surface area contributed by atoms with Gasteiger partial charge in [-0.3, -0.25) is 4.79 Å². The minimum Gasteiger partial charge on any atom is -0.384 e. The maximum Gasteiger partial charge on any atom is 0.225 e. The van der Waals surface area contributed by atoms with Crippen molar-refractivity contribution in [3.63, 3.8) is 0 Å². The maximum atomic E-state index is 12.1. The minimum atomic E-state index is 0.0551. The van der Waals surface area contributed by atoms with Crippen LogP contribution in [0.4, 0.5) is 5.69 Å². The third kappa shape index (κ3) is 3.90. The van der Waals surface area contributed by atoms with E-state index in [9.17, 15) is 4.79 Å². The number of hydrogen-bond donors (Lipinski definition) is 2. The van der Waals surface area contributed by atoms with E-state index in [4.69, 9.17) is 0 Å². The van der Waals surface area contributed by atoms with Gasteiger partial charge in [0.25, 0.3) is 0 Å². The first kappa shape index (κ1) is 14.3. The molecule has 0 spiro atoms. The van der Waals surface area contributed by atoms with E-state index in [1.54, 1.807) is 0 Å². The summed E-state index contributed by atoms with van der Waals surface area (Å²) < 4.78 is 0. The van der Waals surface area contributed by atoms with Crippen molar-refractivity contribution in [2.75, 3.05) is 24.7 Å². The van der Waals surface area contributed by atoms with Gasteiger partial charge in [0.15, 0.2) is 0 Å². The number of fused-ring (bicyclic) bond motifs is 1. The molecule has 0 saturated carbocycles. The molecule has 104 valence electrons. The van der Waals surface area contributed by atoms with Crippen LogP contribution < -0.4 is 10.6 Å². The Kier molecular flexibility index (Phi) is 5.14. The largest absolute Gasteiger partial charge is 0.384 e. The van der Waals surface area contributed by atoms with E-state index in [-0.39, 0.29) is 11.8 Å². The van der Waals surface area contributed by atoms with Crippen molar-refractivity contribution < 1.29 is 4.79 Å². The molecular formula is C15H22N2OS. The number of rotatable bonds is 5. The molecule has 0 bridgehead atoms. The molecule has 1 heterocycles. The zero-order valence-electron chi connectivity index (χ0n) is 11.6. The molecule has 19 heavy (non-hydrogen) atoms. The third-order valence-corrected chi connectivity index (χ3v) is 4.69. The fourth-order valence-corrected chi connectivity index (χ4v) is 2.64. The Morgan fingerprint density at radius 1 is 1.53 bits per heavy atom. The van der Waals surface area contributed by atoms with Crippen LogP contribution in [0.15, 0.2) is 24.3 Å². The smallest absolute Gasteiger partial charge is 0.225 e. The Hall–Kier alpha value is -1.16. The van der Waals surface area contributed by atoms with Gasteiger partial charge in [0, 0.05) is 24.0 Å². The summed E-state index contributed by atoms with van der Waals surface area (Å²) in [6, 6.07) is 8.22. The van der Waals surface area contributed by atoms with Crippen LogP contribution >= 0.6 is 11.8 Å². The Labute approximate surface area is 119 Å². The van der Waals surface area contributed by atoms with E-state index in [1.807, 2.05) is 23.9 Å². The van der Waals surface area contributed by atoms with Gasteiger partial charge >= 0.3 is 0 Å². The van der Waals surface area contributed by atoms with Crippen LogP contribution in [0.25, 0.3) is 0 Å². The first-order chi connectivity index (χ1) is 9.20. The Morgan fingerprint density at radius 3 is 3.11 bits per heavy atom. The van der Waals surface area contributed by atoms with Crippen molar-refractivity contribution in [3.8, 4) is 0 Å². The molecule has 2 atom stereocenters. The number of anilines is 1. The molecule has 0 aliphatic carbocycles. The van der Waals surface area contributed by atoms with Gasteiger partial charge in [-0.2, -0.15) is 11.8 Å². The van der Waals surface area contributed by atoms with E-state index >= 15 is 0 Å². The first-order valence-electron chi connectivity index (χ1n) is 6.83. The molecule has 0 saturated heterocycles. The van der Waals surface area contributed by atoms with Gasteiger partial charge in [0.1, 0.15) is 0 Å². The summed E-state index contributed by atoms with van der Waals surface area (Å²) in [5.74, 6) is 0.231. The fraction of sp³-hybridized carbons (Fsp3) is 0.533. The lowest BCUT2D eigenvalue weighted by atomic mass is 9.93. The molecule has 1 aliphatic heterocycles. The number of amides is 1. The number of thioether (sulfide) groups is 1. The molecule has 1 aromatic carbocycles. The Balaban J connectivity index is 1.82. The summed E-state index contributed by atoms with van der Waals surface area (Å²) in [4.78, 5) is 12.1. The van der Waals surface area contributed by atoms with Crippen LogP contribution in [0.1, 0.15) is 18.9 Å². The standard InChI is InChI=1S/C15H22N2OS/c1-11(19-2)7-8-16-15(18)13-9-12-5-3-4-6-14(12)17-10-13/h3-6,11,13,17H,7-10H2,1-2H3,(H,16,18). The molecule has 1 aliphatic rings. The molecule has 0 aromatic heterocycles. The summed E-state index contributed by atoms with van der Waals surface area (Å²) in [5, 5.41) is 7.00. The van der Waals surface area contributed by atoms with E-state index in [0.29, 0.717) is 5.25 Å². The molecule has 1 amide bonds. The van der Waals surface area contributed by atoms with Crippen LogP contribution in [0.5, 0.6) is 0 Å². The van der Waals surface area contributed by atoms with E-state index in [0.717, 1.165) is 25.9 Å². The number of nitrogens with one attached hydrogen (secondary N) is 2. The molecule has 3 nitrogen and oxygen atoms in total. The van der Waals surface area contributed by atoms with Gasteiger partial charge in [0.05, 0.1) is 5.92 Å². The Morgan fingerprint density at radius 2 is 2.32 bits per heavy atom. The van der Waals surface area contributed by atoms with Crippen molar-refractivity contribution in [2.24, 2.45) is 5.92 Å². The van der Waals surface area contributed by atoms with Gasteiger partial charge in [0.2, 0.25) is 5.91 Å². The highest BCUT2D eigenvalue weighted by molar-refractivity contribution is 7.99. The monoisotopic (exact) mass is 278 g/mol. The maximum absolute atomic E-state index is 12.1. The van der Waals surface area contributed by atoms with Gasteiger partial charge in [-0.1, -0.05) is 25.1 Å². The normalized spacial score (nSPS) is 19.2. The second kappa shape index (κ2) is 6.85. The Bertz CT molecular complexity index is 436. The number of hydrogen-bond acceptors (Lipinski definition) is 3. The van der Waals surface area contributed by atoms with Crippen LogP contribution in [0.2, 0.25) is 0 Å². The lowest BCUT2D eigenvalue weighted by Gasteiger charge is -2.25. The average molecular weight is 278 g/mol. The molecule has 2 unspecified atom stereocenters. The summed E-state index contributed by atoms with van der Waals surface area (Å²) in [5.41, 5.74) is 2.41. The topological polar surface area (TPSA) is 41.1 Å². The lowest BCUT2D eigenvalue weighted by Crippen LogP contribution is -2.38. The van der Waals surface area contributed by atoms with Gasteiger partial charge in [-0.15, -0.1) is 0 Å². The molecule has 0 fully saturated rings. The second-order valence-corrected chi connectivity index (χ2v) is 6.34. The first-order valence-corrected chi connectivity index (χ1v) is 8.11. The molecule has 0 radical (unpaired) electrons. The van der Waals surface area contributed by atoms with Crippen LogP contribution in [-0.4, -0.2) is 30.5 Å². The third-order valence-electron chi connectivity index (χ3n) is 3.65. The van der Waals surface area contributed by atoms with Crippen LogP contribution in [0, 0.1) is 5.92 Å². The fourth-order valence-electron chi connectivity index (χ4n) is 2.29. The van der Waals surface area contributed by atoms with Crippen molar-refractivity contribution in [1.82, 2.24) is 5.32 Å². The summed E-state index contributed by atoms with van der Waals surface area (Å²) >= 11 is 1.84. The quantitative estimate of drug-likeness (QED) is 0.869. The lowest BCUT2D eigenvalue weighted by molar-refractivity contribution is -0.124. The van der Waals surface area contributed by atoms with Crippen LogP contribution in [-0.2, 0) is 11.2 Å². The van der Waals surface area contributed by atoms with Crippen molar-refractivity contribution in [2.45, 2.75) is 25.0 Å². The average Bonchev–Trinajstić information content (AvgIpc) is 2.46. The van der Waals surface area contributed by atoms with Crippen molar-refractivity contribution in [3.05, 3.63) is 29.8 Å². The molecular weight excluding hydrogens is 256 g/mol. The zero-order valence-corrected chi connectivity index (χ0v) is 12.4. The molecule has 1 aromatic rings. The van der Waals surface area contributed by atoms with Gasteiger partial charge in [-0.05, 0) is 30.7 Å². The predicted molar refractivity (Wildman–Crippen MR) is 82.7 cm³/mol. The van der Waals surface area contributed by atoms with Crippen molar-refractivity contribution >= 4 is 23.4 Å². The van der Waals surface area contributed by atoms with E-state index in [1.165, 1.54) is 11.3 Å². The highest BCUT2D eigenvalue weighted by Gasteiger charge is 2.23. The van der Waals surface area contributed by atoms with Gasteiger partial charge < -0.3 is 10.6 Å². The number of benzene rings is 1. The SMILES string of the molecule is CSC(C)CCNC(=O)C1CNc2ccccc2C1. The minimum absolute atomic E-state index is 0.0551. The van der Waals surface area contributed by atoms with E-state index in [2.05, 4.69) is 35.9 Å². The predicted octanol–water partition coefficient (Wildman–Crippen LogP) is 2.53. The van der Waals surface area contributed by atoms with E-state index < -0.39 is 0 Å². The van der Waals surface area contributed by atoms with Gasteiger partial charge in [-0.25, -0.2) is 0 Å². The summed E-state index contributed by atoms with van der Waals surface area (Å²) in [6.45, 7) is 3.70.